The lowest BCUT2D eigenvalue weighted by Crippen LogP contribution is -2.51. The Bertz CT molecular complexity index is 1390. The molecular weight excluding hydrogens is 506 g/mol. The zero-order chi connectivity index (χ0) is 27.2. The number of aromatic nitrogens is 1. The number of alkyl halides is 3. The van der Waals surface area contributed by atoms with Crippen LogP contribution in [0.3, 0.4) is 0 Å². The molecule has 0 bridgehead atoms. The zero-order valence-electron chi connectivity index (χ0n) is 20.2. The summed E-state index contributed by atoms with van der Waals surface area (Å²) in [5.74, 6) is -2.46. The summed E-state index contributed by atoms with van der Waals surface area (Å²) < 4.78 is 59.6. The predicted molar refractivity (Wildman–Crippen MR) is 127 cm³/mol. The van der Waals surface area contributed by atoms with Crippen molar-refractivity contribution in [3.05, 3.63) is 83.3 Å². The largest absolute Gasteiger partial charge is 0.427 e. The van der Waals surface area contributed by atoms with Crippen LogP contribution in [0.4, 0.5) is 22.4 Å². The summed E-state index contributed by atoms with van der Waals surface area (Å²) in [5.41, 5.74) is 1.68. The maximum Gasteiger partial charge on any atom is 0.418 e. The standard InChI is InChI=1S/C27H23F4N3O4/c1-16(27(29,30)31)33(14-17-4-7-20(28)8-5-17)23(35)15-34-24(36)26(38-25(34)37)11-10-18-13-19(6-9-21(18)26)22-3-2-12-32-22/h2-9,12-13,16,32H,10-11,14-15H2,1H3/t16?,26-/m1/s1. The molecule has 1 aromatic heterocycles. The number of aromatic amines is 1. The molecule has 1 aliphatic heterocycles. The van der Waals surface area contributed by atoms with E-state index in [0.29, 0.717) is 21.8 Å². The Labute approximate surface area is 215 Å². The lowest BCUT2D eigenvalue weighted by Gasteiger charge is -2.31. The quantitative estimate of drug-likeness (QED) is 0.460. The van der Waals surface area contributed by atoms with Crippen LogP contribution in [0.2, 0.25) is 0 Å². The van der Waals surface area contributed by atoms with E-state index in [0.717, 1.165) is 35.9 Å². The summed E-state index contributed by atoms with van der Waals surface area (Å²) in [5, 5.41) is 0. The summed E-state index contributed by atoms with van der Waals surface area (Å²) in [6.07, 6.45) is -3.49. The third kappa shape index (κ3) is 4.42. The van der Waals surface area contributed by atoms with Gasteiger partial charge in [0.2, 0.25) is 11.5 Å². The normalized spacial score (nSPS) is 19.6. The number of nitrogens with one attached hydrogen (secondary N) is 1. The van der Waals surface area contributed by atoms with Crippen LogP contribution in [0.25, 0.3) is 11.3 Å². The number of carbonyl (C=O) groups is 3. The van der Waals surface area contributed by atoms with Crippen molar-refractivity contribution in [1.29, 1.82) is 0 Å². The minimum absolute atomic E-state index is 0.157. The van der Waals surface area contributed by atoms with Crippen molar-refractivity contribution < 1.29 is 36.7 Å². The number of imide groups is 1. The number of rotatable bonds is 6. The highest BCUT2D eigenvalue weighted by Crippen LogP contribution is 2.46. The van der Waals surface area contributed by atoms with E-state index >= 15 is 0 Å². The van der Waals surface area contributed by atoms with Gasteiger partial charge in [0.1, 0.15) is 18.4 Å². The first-order valence-electron chi connectivity index (χ1n) is 11.9. The smallest absolute Gasteiger partial charge is 0.418 e. The Hall–Kier alpha value is -4.15. The van der Waals surface area contributed by atoms with Gasteiger partial charge >= 0.3 is 12.3 Å². The van der Waals surface area contributed by atoms with Crippen LogP contribution < -0.4 is 0 Å². The fourth-order valence-corrected chi connectivity index (χ4v) is 4.96. The molecule has 2 aliphatic rings. The van der Waals surface area contributed by atoms with Gasteiger partial charge in [-0.3, -0.25) is 9.59 Å². The monoisotopic (exact) mass is 529 g/mol. The Morgan fingerprint density at radius 1 is 1.16 bits per heavy atom. The van der Waals surface area contributed by atoms with Gasteiger partial charge in [0.25, 0.3) is 5.91 Å². The molecule has 1 fully saturated rings. The van der Waals surface area contributed by atoms with Crippen molar-refractivity contribution in [3.63, 3.8) is 0 Å². The molecular formula is C27H23F4N3O4. The van der Waals surface area contributed by atoms with Crippen LogP contribution in [0, 0.1) is 5.82 Å². The maximum absolute atomic E-state index is 13.6. The summed E-state index contributed by atoms with van der Waals surface area (Å²) in [7, 11) is 0. The van der Waals surface area contributed by atoms with E-state index in [1.165, 1.54) is 12.1 Å². The zero-order valence-corrected chi connectivity index (χ0v) is 20.2. The molecule has 7 nitrogen and oxygen atoms in total. The second-order valence-electron chi connectivity index (χ2n) is 9.41. The van der Waals surface area contributed by atoms with Gasteiger partial charge in [0.15, 0.2) is 0 Å². The average Bonchev–Trinajstić information content (AvgIpc) is 3.59. The van der Waals surface area contributed by atoms with Gasteiger partial charge < -0.3 is 14.6 Å². The van der Waals surface area contributed by atoms with Gasteiger partial charge in [-0.05, 0) is 60.4 Å². The Morgan fingerprint density at radius 3 is 2.55 bits per heavy atom. The van der Waals surface area contributed by atoms with E-state index < -0.39 is 54.6 Å². The number of aryl methyl sites for hydroxylation is 1. The highest BCUT2D eigenvalue weighted by Gasteiger charge is 2.58. The minimum atomic E-state index is -4.77. The molecule has 5 rings (SSSR count). The molecule has 1 saturated heterocycles. The van der Waals surface area contributed by atoms with E-state index in [9.17, 15) is 31.9 Å². The van der Waals surface area contributed by atoms with Gasteiger partial charge in [-0.1, -0.05) is 24.3 Å². The molecule has 3 amide bonds. The number of hydrogen-bond acceptors (Lipinski definition) is 4. The highest BCUT2D eigenvalue weighted by molar-refractivity contribution is 6.06. The van der Waals surface area contributed by atoms with Gasteiger partial charge in [-0.25, -0.2) is 14.1 Å². The Balaban J connectivity index is 1.39. The number of ether oxygens (including phenoxy) is 1. The molecule has 38 heavy (non-hydrogen) atoms. The first-order valence-corrected chi connectivity index (χ1v) is 11.9. The van der Waals surface area contributed by atoms with Gasteiger partial charge in [-0.2, -0.15) is 13.2 Å². The van der Waals surface area contributed by atoms with Gasteiger partial charge in [-0.15, -0.1) is 0 Å². The third-order valence-corrected chi connectivity index (χ3v) is 7.09. The van der Waals surface area contributed by atoms with Crippen LogP contribution in [0.15, 0.2) is 60.8 Å². The summed E-state index contributed by atoms with van der Waals surface area (Å²) in [6.45, 7) is -0.606. The van der Waals surface area contributed by atoms with E-state index in [1.807, 2.05) is 18.2 Å². The summed E-state index contributed by atoms with van der Waals surface area (Å²) >= 11 is 0. The number of fused-ring (bicyclic) bond motifs is 2. The molecule has 11 heteroatoms. The van der Waals surface area contributed by atoms with Crippen molar-refractivity contribution in [2.45, 2.75) is 44.1 Å². The van der Waals surface area contributed by atoms with Crippen molar-refractivity contribution in [2.24, 2.45) is 0 Å². The van der Waals surface area contributed by atoms with Gasteiger partial charge in [0.05, 0.1) is 0 Å². The van der Waals surface area contributed by atoms with Gasteiger partial charge in [0, 0.05) is 30.4 Å². The molecule has 1 unspecified atom stereocenters. The molecule has 0 saturated carbocycles. The van der Waals surface area contributed by atoms with Crippen LogP contribution in [0.5, 0.6) is 0 Å². The molecule has 3 aromatic rings. The summed E-state index contributed by atoms with van der Waals surface area (Å²) in [6, 6.07) is 11.5. The highest BCUT2D eigenvalue weighted by atomic mass is 19.4. The van der Waals surface area contributed by atoms with Crippen LogP contribution in [-0.4, -0.2) is 51.5 Å². The van der Waals surface area contributed by atoms with Crippen LogP contribution in [-0.2, 0) is 32.9 Å². The maximum atomic E-state index is 13.6. The lowest BCUT2D eigenvalue weighted by molar-refractivity contribution is -0.187. The van der Waals surface area contributed by atoms with Crippen molar-refractivity contribution >= 4 is 17.9 Å². The fraction of sp³-hybridized carbons (Fsp3) is 0.296. The topological polar surface area (TPSA) is 82.7 Å². The minimum Gasteiger partial charge on any atom is -0.427 e. The summed E-state index contributed by atoms with van der Waals surface area (Å²) in [4.78, 5) is 43.6. The second kappa shape index (κ2) is 9.30. The Morgan fingerprint density at radius 2 is 1.89 bits per heavy atom. The van der Waals surface area contributed by atoms with Crippen molar-refractivity contribution in [2.75, 3.05) is 6.54 Å². The number of halogens is 4. The SMILES string of the molecule is CC(N(Cc1ccc(F)cc1)C(=O)CN1C(=O)O[C@@]2(CCc3cc(-c4ccc[nH]4)ccc32)C1=O)C(F)(F)F. The molecule has 0 radical (unpaired) electrons. The molecule has 2 heterocycles. The number of hydrogen-bond donors (Lipinski definition) is 1. The number of amides is 3. The number of carbonyl (C=O) groups excluding carboxylic acids is 3. The molecule has 2 aromatic carbocycles. The predicted octanol–water partition coefficient (Wildman–Crippen LogP) is 4.92. The first-order chi connectivity index (χ1) is 18.0. The van der Waals surface area contributed by atoms with E-state index in [1.54, 1.807) is 18.3 Å². The number of benzene rings is 2. The third-order valence-electron chi connectivity index (χ3n) is 7.09. The number of nitrogens with zero attached hydrogens (tertiary/aromatic N) is 2. The number of H-pyrrole nitrogens is 1. The molecule has 1 spiro atoms. The lowest BCUT2D eigenvalue weighted by atomic mass is 9.93. The fourth-order valence-electron chi connectivity index (χ4n) is 4.96. The van der Waals surface area contributed by atoms with Crippen LogP contribution >= 0.6 is 0 Å². The molecule has 198 valence electrons. The van der Waals surface area contributed by atoms with E-state index in [2.05, 4.69) is 4.98 Å². The van der Waals surface area contributed by atoms with E-state index in [4.69, 9.17) is 4.74 Å². The average molecular weight is 529 g/mol. The molecule has 1 aliphatic carbocycles. The van der Waals surface area contributed by atoms with E-state index in [-0.39, 0.29) is 12.0 Å². The van der Waals surface area contributed by atoms with Crippen molar-refractivity contribution in [3.8, 4) is 11.3 Å². The molecule has 1 N–H and O–H groups in total. The Kier molecular flexibility index (Phi) is 6.24. The first kappa shape index (κ1) is 25.5. The van der Waals surface area contributed by atoms with Crippen molar-refractivity contribution in [1.82, 2.24) is 14.8 Å². The molecule has 2 atom stereocenters. The van der Waals surface area contributed by atoms with Crippen LogP contribution in [0.1, 0.15) is 30.0 Å². The second-order valence-corrected chi connectivity index (χ2v) is 9.41.